The summed E-state index contributed by atoms with van der Waals surface area (Å²) >= 11 is 0. The molecule has 0 aliphatic carbocycles. The molecule has 0 bridgehead atoms. The number of carbonyl (C=O) groups is 1. The number of benzene rings is 1. The number of amides is 1. The Bertz CT molecular complexity index is 470. The molecule has 0 radical (unpaired) electrons. The van der Waals surface area contributed by atoms with Crippen LogP contribution in [-0.4, -0.2) is 37.4 Å². The normalized spacial score (nSPS) is 24.4. The molecule has 2 heterocycles. The van der Waals surface area contributed by atoms with Gasteiger partial charge in [0.05, 0.1) is 13.2 Å². The molecule has 102 valence electrons. The minimum Gasteiger partial charge on any atom is -0.396 e. The molecule has 19 heavy (non-hydrogen) atoms. The quantitative estimate of drug-likeness (QED) is 0.886. The molecule has 2 fully saturated rings. The highest BCUT2D eigenvalue weighted by Crippen LogP contribution is 2.29. The molecule has 5 heteroatoms. The molecule has 3 rings (SSSR count). The van der Waals surface area contributed by atoms with Crippen molar-refractivity contribution < 1.29 is 19.4 Å². The first-order valence-corrected chi connectivity index (χ1v) is 6.52. The molecule has 1 N–H and O–H groups in total. The molecule has 1 atom stereocenters. The number of hydrogen-bond donors (Lipinski definition) is 1. The summed E-state index contributed by atoms with van der Waals surface area (Å²) in [5, 5.41) is 9.16. The second-order valence-corrected chi connectivity index (χ2v) is 4.93. The molecule has 0 saturated carbocycles. The van der Waals surface area contributed by atoms with E-state index in [0.29, 0.717) is 26.2 Å². The zero-order chi connectivity index (χ0) is 13.2. The maximum atomic E-state index is 11.9. The Hall–Kier alpha value is -1.43. The first kappa shape index (κ1) is 12.6. The van der Waals surface area contributed by atoms with Crippen LogP contribution < -0.4 is 4.90 Å². The Labute approximate surface area is 111 Å². The summed E-state index contributed by atoms with van der Waals surface area (Å²) in [6.07, 6.45) is 0.0863. The predicted molar refractivity (Wildman–Crippen MR) is 68.6 cm³/mol. The van der Waals surface area contributed by atoms with Crippen molar-refractivity contribution in [3.63, 3.8) is 0 Å². The van der Waals surface area contributed by atoms with Gasteiger partial charge in [0, 0.05) is 36.7 Å². The van der Waals surface area contributed by atoms with Crippen molar-refractivity contribution in [3.8, 4) is 0 Å². The van der Waals surface area contributed by atoms with Crippen molar-refractivity contribution in [2.45, 2.75) is 12.7 Å². The minimum atomic E-state index is -0.328. The first-order valence-electron chi connectivity index (χ1n) is 6.52. The average molecular weight is 263 g/mol. The number of anilines is 1. The fourth-order valence-corrected chi connectivity index (χ4v) is 2.54. The number of ether oxygens (including phenoxy) is 2. The fourth-order valence-electron chi connectivity index (χ4n) is 2.54. The lowest BCUT2D eigenvalue weighted by Crippen LogP contribution is -2.25. The number of rotatable bonds is 3. The highest BCUT2D eigenvalue weighted by atomic mass is 16.7. The van der Waals surface area contributed by atoms with Crippen LogP contribution in [0.25, 0.3) is 0 Å². The summed E-state index contributed by atoms with van der Waals surface area (Å²) in [6.45, 7) is 1.83. The molecule has 1 aromatic carbocycles. The van der Waals surface area contributed by atoms with Gasteiger partial charge in [-0.3, -0.25) is 4.79 Å². The molecule has 0 spiro atoms. The summed E-state index contributed by atoms with van der Waals surface area (Å²) < 4.78 is 10.9. The third-order valence-corrected chi connectivity index (χ3v) is 3.54. The average Bonchev–Trinajstić information content (AvgIpc) is 3.08. The monoisotopic (exact) mass is 263 g/mol. The molecule has 1 amide bonds. The van der Waals surface area contributed by atoms with Crippen molar-refractivity contribution in [1.29, 1.82) is 0 Å². The minimum absolute atomic E-state index is 0.0372. The van der Waals surface area contributed by atoms with Gasteiger partial charge in [-0.2, -0.15) is 0 Å². The summed E-state index contributed by atoms with van der Waals surface area (Å²) in [5.74, 6) is 0.0968. The van der Waals surface area contributed by atoms with Gasteiger partial charge in [0.2, 0.25) is 5.91 Å². The second kappa shape index (κ2) is 5.28. The molecule has 2 aliphatic heterocycles. The fraction of sp³-hybridized carbons (Fsp3) is 0.500. The van der Waals surface area contributed by atoms with E-state index in [1.54, 1.807) is 4.90 Å². The van der Waals surface area contributed by atoms with Gasteiger partial charge in [-0.1, -0.05) is 12.1 Å². The van der Waals surface area contributed by atoms with Gasteiger partial charge < -0.3 is 19.5 Å². The van der Waals surface area contributed by atoms with Gasteiger partial charge in [0.25, 0.3) is 0 Å². The summed E-state index contributed by atoms with van der Waals surface area (Å²) in [7, 11) is 0. The zero-order valence-electron chi connectivity index (χ0n) is 10.6. The molecule has 1 unspecified atom stereocenters. The number of hydrogen-bond acceptors (Lipinski definition) is 4. The lowest BCUT2D eigenvalue weighted by atomic mass is 10.1. The Morgan fingerprint density at radius 1 is 1.32 bits per heavy atom. The highest BCUT2D eigenvalue weighted by molar-refractivity contribution is 5.95. The van der Waals surface area contributed by atoms with E-state index in [0.717, 1.165) is 11.3 Å². The van der Waals surface area contributed by atoms with Crippen molar-refractivity contribution in [1.82, 2.24) is 0 Å². The number of aliphatic hydroxyl groups is 1. The molecule has 5 nitrogen and oxygen atoms in total. The second-order valence-electron chi connectivity index (χ2n) is 4.93. The van der Waals surface area contributed by atoms with Crippen LogP contribution in [0.1, 0.15) is 18.3 Å². The van der Waals surface area contributed by atoms with Crippen LogP contribution in [0.5, 0.6) is 0 Å². The summed E-state index contributed by atoms with van der Waals surface area (Å²) in [4.78, 5) is 13.7. The van der Waals surface area contributed by atoms with Crippen LogP contribution in [0.3, 0.4) is 0 Å². The smallest absolute Gasteiger partial charge is 0.227 e. The Morgan fingerprint density at radius 3 is 2.79 bits per heavy atom. The van der Waals surface area contributed by atoms with Crippen LogP contribution in [0.4, 0.5) is 5.69 Å². The van der Waals surface area contributed by atoms with E-state index in [2.05, 4.69) is 0 Å². The van der Waals surface area contributed by atoms with Crippen LogP contribution >= 0.6 is 0 Å². The van der Waals surface area contributed by atoms with E-state index in [1.807, 2.05) is 24.3 Å². The maximum absolute atomic E-state index is 11.9. The molecule has 2 saturated heterocycles. The SMILES string of the molecule is O=C1CC(CO)CN1c1cccc(C2OCCO2)c1. The van der Waals surface area contributed by atoms with E-state index in [4.69, 9.17) is 14.6 Å². The summed E-state index contributed by atoms with van der Waals surface area (Å²) in [5.41, 5.74) is 1.77. The topological polar surface area (TPSA) is 59.0 Å². The van der Waals surface area contributed by atoms with E-state index in [-0.39, 0.29) is 24.7 Å². The van der Waals surface area contributed by atoms with Gasteiger partial charge >= 0.3 is 0 Å². The Balaban J connectivity index is 1.81. The van der Waals surface area contributed by atoms with Gasteiger partial charge in [-0.15, -0.1) is 0 Å². The lowest BCUT2D eigenvalue weighted by Gasteiger charge is -2.18. The molecular weight excluding hydrogens is 246 g/mol. The molecule has 1 aromatic rings. The van der Waals surface area contributed by atoms with Crippen LogP contribution in [-0.2, 0) is 14.3 Å². The maximum Gasteiger partial charge on any atom is 0.227 e. The highest BCUT2D eigenvalue weighted by Gasteiger charge is 2.30. The molecular formula is C14H17NO4. The van der Waals surface area contributed by atoms with Crippen molar-refractivity contribution >= 4 is 11.6 Å². The van der Waals surface area contributed by atoms with Gasteiger partial charge in [0.1, 0.15) is 0 Å². The van der Waals surface area contributed by atoms with Gasteiger partial charge in [-0.25, -0.2) is 0 Å². The Kier molecular flexibility index (Phi) is 3.50. The number of aliphatic hydroxyl groups excluding tert-OH is 1. The first-order chi connectivity index (χ1) is 9.28. The van der Waals surface area contributed by atoms with Crippen molar-refractivity contribution in [2.24, 2.45) is 5.92 Å². The largest absolute Gasteiger partial charge is 0.396 e. The Morgan fingerprint density at radius 2 is 2.11 bits per heavy atom. The van der Waals surface area contributed by atoms with E-state index in [1.165, 1.54) is 0 Å². The van der Waals surface area contributed by atoms with Crippen molar-refractivity contribution in [2.75, 3.05) is 31.3 Å². The number of nitrogens with zero attached hydrogens (tertiary/aromatic N) is 1. The van der Waals surface area contributed by atoms with Crippen LogP contribution in [0, 0.1) is 5.92 Å². The standard InChI is InChI=1S/C14H17NO4/c16-9-10-6-13(17)15(8-10)12-3-1-2-11(7-12)14-18-4-5-19-14/h1-3,7,10,14,16H,4-6,8-9H2. The predicted octanol–water partition coefficient (Wildman–Crippen LogP) is 1.08. The number of carbonyl (C=O) groups excluding carboxylic acids is 1. The van der Waals surface area contributed by atoms with Gasteiger partial charge in [-0.05, 0) is 12.1 Å². The van der Waals surface area contributed by atoms with E-state index < -0.39 is 0 Å². The zero-order valence-corrected chi connectivity index (χ0v) is 10.6. The van der Waals surface area contributed by atoms with Crippen molar-refractivity contribution in [3.05, 3.63) is 29.8 Å². The molecule has 2 aliphatic rings. The summed E-state index contributed by atoms with van der Waals surface area (Å²) in [6, 6.07) is 7.66. The third kappa shape index (κ3) is 2.49. The lowest BCUT2D eigenvalue weighted by molar-refractivity contribution is -0.117. The van der Waals surface area contributed by atoms with Crippen LogP contribution in [0.15, 0.2) is 24.3 Å². The van der Waals surface area contributed by atoms with E-state index in [9.17, 15) is 4.79 Å². The molecule has 0 aromatic heterocycles. The third-order valence-electron chi connectivity index (χ3n) is 3.54. The van der Waals surface area contributed by atoms with Crippen LogP contribution in [0.2, 0.25) is 0 Å². The van der Waals surface area contributed by atoms with E-state index >= 15 is 0 Å². The van der Waals surface area contributed by atoms with Gasteiger partial charge in [0.15, 0.2) is 6.29 Å².